The molecule has 5 nitrogen and oxygen atoms in total. The number of hydrogen-bond donors (Lipinski definition) is 1. The van der Waals surface area contributed by atoms with Gasteiger partial charge in [0, 0.05) is 0 Å². The number of aromatic nitrogens is 2. The van der Waals surface area contributed by atoms with Gasteiger partial charge in [-0.2, -0.15) is 4.98 Å². The van der Waals surface area contributed by atoms with Crippen molar-refractivity contribution in [3.8, 4) is 0 Å². The highest BCUT2D eigenvalue weighted by atomic mass is 16.5. The Labute approximate surface area is 91.7 Å². The van der Waals surface area contributed by atoms with Crippen LogP contribution < -0.4 is 0 Å². The van der Waals surface area contributed by atoms with Crippen LogP contribution in [0.5, 0.6) is 0 Å². The summed E-state index contributed by atoms with van der Waals surface area (Å²) in [5.41, 5.74) is 0.867. The third-order valence-electron chi connectivity index (χ3n) is 2.27. The molecule has 0 aliphatic carbocycles. The monoisotopic (exact) mass is 218 g/mol. The van der Waals surface area contributed by atoms with Crippen molar-refractivity contribution in [1.82, 2.24) is 10.1 Å². The number of carbonyl (C=O) groups is 1. The lowest BCUT2D eigenvalue weighted by molar-refractivity contribution is -0.137. The molecule has 0 saturated carbocycles. The molecular weight excluding hydrogens is 208 g/mol. The molecule has 0 radical (unpaired) electrons. The fourth-order valence-corrected chi connectivity index (χ4v) is 1.55. The van der Waals surface area contributed by atoms with Crippen LogP contribution in [0.3, 0.4) is 0 Å². The van der Waals surface area contributed by atoms with Crippen LogP contribution in [0.15, 0.2) is 41.2 Å². The number of carboxylic acids is 1. The molecule has 1 atom stereocenters. The van der Waals surface area contributed by atoms with Crippen molar-refractivity contribution >= 4 is 5.97 Å². The molecule has 0 saturated heterocycles. The first kappa shape index (κ1) is 10.4. The quantitative estimate of drug-likeness (QED) is 0.844. The van der Waals surface area contributed by atoms with Gasteiger partial charge in [0.25, 0.3) is 0 Å². The molecule has 82 valence electrons. The molecule has 1 aromatic carbocycles. The Kier molecular flexibility index (Phi) is 2.95. The molecule has 2 aromatic rings. The van der Waals surface area contributed by atoms with Gasteiger partial charge in [-0.25, -0.2) is 0 Å². The highest BCUT2D eigenvalue weighted by Gasteiger charge is 2.21. The number of nitrogens with zero attached hydrogens (tertiary/aromatic N) is 2. The molecule has 0 amide bonds. The van der Waals surface area contributed by atoms with Gasteiger partial charge >= 0.3 is 5.97 Å². The second-order valence-corrected chi connectivity index (χ2v) is 3.35. The maximum absolute atomic E-state index is 10.8. The topological polar surface area (TPSA) is 76.2 Å². The number of benzene rings is 1. The average Bonchev–Trinajstić information content (AvgIpc) is 2.80. The second kappa shape index (κ2) is 4.57. The highest BCUT2D eigenvalue weighted by molar-refractivity contribution is 5.68. The highest BCUT2D eigenvalue weighted by Crippen LogP contribution is 2.24. The fraction of sp³-hybridized carbons (Fsp3) is 0.182. The lowest BCUT2D eigenvalue weighted by atomic mass is 9.95. The Hall–Kier alpha value is -2.17. The number of carboxylic acid groups (broad SMARTS) is 1. The van der Waals surface area contributed by atoms with E-state index in [-0.39, 0.29) is 12.3 Å². The minimum Gasteiger partial charge on any atom is -0.481 e. The van der Waals surface area contributed by atoms with Gasteiger partial charge in [0.05, 0.1) is 12.3 Å². The molecule has 0 bridgehead atoms. The van der Waals surface area contributed by atoms with Crippen LogP contribution in [0.2, 0.25) is 0 Å². The van der Waals surface area contributed by atoms with Crippen molar-refractivity contribution in [2.45, 2.75) is 12.3 Å². The normalized spacial score (nSPS) is 12.2. The fourth-order valence-electron chi connectivity index (χ4n) is 1.55. The maximum Gasteiger partial charge on any atom is 0.304 e. The van der Waals surface area contributed by atoms with E-state index in [4.69, 9.17) is 5.11 Å². The summed E-state index contributed by atoms with van der Waals surface area (Å²) >= 11 is 0. The van der Waals surface area contributed by atoms with Gasteiger partial charge in [0.15, 0.2) is 5.82 Å². The molecule has 0 aliphatic rings. The molecule has 16 heavy (non-hydrogen) atoms. The number of aliphatic carboxylic acids is 1. The van der Waals surface area contributed by atoms with Crippen molar-refractivity contribution < 1.29 is 14.4 Å². The van der Waals surface area contributed by atoms with Gasteiger partial charge in [-0.1, -0.05) is 35.5 Å². The first-order valence-electron chi connectivity index (χ1n) is 4.80. The summed E-state index contributed by atoms with van der Waals surface area (Å²) in [5.74, 6) is -0.857. The van der Waals surface area contributed by atoms with E-state index in [9.17, 15) is 4.79 Å². The lowest BCUT2D eigenvalue weighted by Crippen LogP contribution is -2.09. The minimum atomic E-state index is -0.890. The van der Waals surface area contributed by atoms with Gasteiger partial charge in [0.1, 0.15) is 0 Å². The summed E-state index contributed by atoms with van der Waals surface area (Å²) in [6, 6.07) is 9.28. The Morgan fingerprint density at radius 1 is 1.38 bits per heavy atom. The van der Waals surface area contributed by atoms with Crippen molar-refractivity contribution in [3.63, 3.8) is 0 Å². The Morgan fingerprint density at radius 3 is 2.69 bits per heavy atom. The Bertz CT molecular complexity index is 453. The third kappa shape index (κ3) is 2.25. The molecular formula is C11H10N2O3. The Morgan fingerprint density at radius 2 is 2.12 bits per heavy atom. The van der Waals surface area contributed by atoms with Crippen LogP contribution >= 0.6 is 0 Å². The minimum absolute atomic E-state index is 0.0520. The van der Waals surface area contributed by atoms with Crippen LogP contribution in [0.1, 0.15) is 23.7 Å². The van der Waals surface area contributed by atoms with Gasteiger partial charge in [-0.15, -0.1) is 0 Å². The SMILES string of the molecule is O=C(O)CC(c1ccccc1)c1ncon1. The maximum atomic E-state index is 10.8. The number of hydrogen-bond acceptors (Lipinski definition) is 4. The first-order chi connectivity index (χ1) is 7.77. The molecule has 0 aliphatic heterocycles. The van der Waals surface area contributed by atoms with Gasteiger partial charge in [-0.05, 0) is 5.56 Å². The van der Waals surface area contributed by atoms with Crippen LogP contribution in [0.25, 0.3) is 0 Å². The summed E-state index contributed by atoms with van der Waals surface area (Å²) in [4.78, 5) is 14.7. The van der Waals surface area contributed by atoms with Gasteiger partial charge in [0.2, 0.25) is 6.39 Å². The molecule has 1 heterocycles. The lowest BCUT2D eigenvalue weighted by Gasteiger charge is -2.10. The summed E-state index contributed by atoms with van der Waals surface area (Å²) in [6.07, 6.45) is 1.15. The number of rotatable bonds is 4. The molecule has 0 spiro atoms. The van der Waals surface area contributed by atoms with Crippen LogP contribution in [0.4, 0.5) is 0 Å². The molecule has 1 unspecified atom stereocenters. The molecule has 1 aromatic heterocycles. The van der Waals surface area contributed by atoms with E-state index in [1.54, 1.807) is 0 Å². The molecule has 5 heteroatoms. The van der Waals surface area contributed by atoms with E-state index in [2.05, 4.69) is 14.7 Å². The van der Waals surface area contributed by atoms with E-state index in [0.717, 1.165) is 5.56 Å². The first-order valence-corrected chi connectivity index (χ1v) is 4.80. The van der Waals surface area contributed by atoms with Crippen LogP contribution in [-0.2, 0) is 4.79 Å². The summed E-state index contributed by atoms with van der Waals surface area (Å²) in [5, 5.41) is 12.6. The van der Waals surface area contributed by atoms with E-state index in [0.29, 0.717) is 5.82 Å². The summed E-state index contributed by atoms with van der Waals surface area (Å²) < 4.78 is 4.64. The second-order valence-electron chi connectivity index (χ2n) is 3.35. The predicted molar refractivity (Wildman–Crippen MR) is 54.8 cm³/mol. The van der Waals surface area contributed by atoms with E-state index in [1.807, 2.05) is 30.3 Å². The summed E-state index contributed by atoms with van der Waals surface area (Å²) in [7, 11) is 0. The Balaban J connectivity index is 2.32. The van der Waals surface area contributed by atoms with Crippen molar-refractivity contribution in [2.24, 2.45) is 0 Å². The smallest absolute Gasteiger partial charge is 0.304 e. The van der Waals surface area contributed by atoms with Crippen LogP contribution in [-0.4, -0.2) is 21.2 Å². The zero-order chi connectivity index (χ0) is 11.4. The average molecular weight is 218 g/mol. The predicted octanol–water partition coefficient (Wildman–Crippen LogP) is 1.68. The van der Waals surface area contributed by atoms with Gasteiger partial charge < -0.3 is 9.63 Å². The molecule has 0 fully saturated rings. The standard InChI is InChI=1S/C11H10N2O3/c14-10(15)6-9(11-12-7-16-13-11)8-4-2-1-3-5-8/h1-5,7,9H,6H2,(H,14,15). The van der Waals surface area contributed by atoms with Crippen molar-refractivity contribution in [2.75, 3.05) is 0 Å². The zero-order valence-electron chi connectivity index (χ0n) is 8.41. The molecule has 1 N–H and O–H groups in total. The molecule has 2 rings (SSSR count). The van der Waals surface area contributed by atoms with Crippen LogP contribution in [0, 0.1) is 0 Å². The largest absolute Gasteiger partial charge is 0.481 e. The zero-order valence-corrected chi connectivity index (χ0v) is 8.41. The van der Waals surface area contributed by atoms with Crippen molar-refractivity contribution in [1.29, 1.82) is 0 Å². The van der Waals surface area contributed by atoms with E-state index >= 15 is 0 Å². The summed E-state index contributed by atoms with van der Waals surface area (Å²) in [6.45, 7) is 0. The van der Waals surface area contributed by atoms with Crippen molar-refractivity contribution in [3.05, 3.63) is 48.1 Å². The van der Waals surface area contributed by atoms with Gasteiger partial charge in [-0.3, -0.25) is 4.79 Å². The van der Waals surface area contributed by atoms with E-state index < -0.39 is 5.97 Å². The third-order valence-corrected chi connectivity index (χ3v) is 2.27. The van der Waals surface area contributed by atoms with E-state index in [1.165, 1.54) is 6.39 Å².